The highest BCUT2D eigenvalue weighted by molar-refractivity contribution is 6.05. The van der Waals surface area contributed by atoms with E-state index in [4.69, 9.17) is 10.5 Å². The Kier molecular flexibility index (Phi) is 6.34. The van der Waals surface area contributed by atoms with Crippen molar-refractivity contribution in [2.24, 2.45) is 12.8 Å². The molecule has 0 fully saturated rings. The van der Waals surface area contributed by atoms with Crippen LogP contribution in [0.5, 0.6) is 5.75 Å². The predicted octanol–water partition coefficient (Wildman–Crippen LogP) is 4.46. The van der Waals surface area contributed by atoms with Crippen LogP contribution < -0.4 is 15.8 Å². The van der Waals surface area contributed by atoms with Gasteiger partial charge in [0.1, 0.15) is 28.8 Å². The van der Waals surface area contributed by atoms with Gasteiger partial charge in [-0.05, 0) is 42.5 Å². The van der Waals surface area contributed by atoms with E-state index in [1.165, 1.54) is 42.6 Å². The first kappa shape index (κ1) is 25.7. The molecular formula is C27H25F4N5O2. The molecule has 1 amide bonds. The van der Waals surface area contributed by atoms with E-state index in [-0.39, 0.29) is 30.1 Å². The Labute approximate surface area is 215 Å². The first-order chi connectivity index (χ1) is 18.0. The van der Waals surface area contributed by atoms with Crippen LogP contribution in [0.4, 0.5) is 17.6 Å². The molecule has 4 aromatic rings. The van der Waals surface area contributed by atoms with Crippen LogP contribution in [0, 0.1) is 5.82 Å². The van der Waals surface area contributed by atoms with Crippen molar-refractivity contribution in [2.75, 3.05) is 19.7 Å². The lowest BCUT2D eigenvalue weighted by atomic mass is 9.83. The van der Waals surface area contributed by atoms with Crippen molar-refractivity contribution in [3.63, 3.8) is 0 Å². The molecule has 198 valence electrons. The van der Waals surface area contributed by atoms with E-state index in [0.29, 0.717) is 27.9 Å². The molecule has 0 radical (unpaired) electrons. The van der Waals surface area contributed by atoms with Crippen molar-refractivity contribution >= 4 is 16.9 Å². The number of nitrogens with two attached hydrogens (primary N) is 1. The maximum absolute atomic E-state index is 14.4. The van der Waals surface area contributed by atoms with Crippen LogP contribution in [0.3, 0.4) is 0 Å². The molecular weight excluding hydrogens is 502 g/mol. The number of aromatic nitrogens is 3. The number of hydrogen-bond donors (Lipinski definition) is 2. The van der Waals surface area contributed by atoms with E-state index in [0.717, 1.165) is 0 Å². The van der Waals surface area contributed by atoms with Gasteiger partial charge in [-0.15, -0.1) is 0 Å². The van der Waals surface area contributed by atoms with E-state index >= 15 is 0 Å². The second kappa shape index (κ2) is 9.39. The third-order valence-corrected chi connectivity index (χ3v) is 6.98. The average molecular weight is 528 g/mol. The lowest BCUT2D eigenvalue weighted by molar-refractivity contribution is -0.149. The SMILES string of the molecule is Cn1ccc2c(C(=O)NC[C@H](c3cc4c(c(-c5ccc(F)cc5)n3)OC[C@]4(C)CN)C(F)(F)F)ccnc21. The summed E-state index contributed by atoms with van der Waals surface area (Å²) < 4.78 is 64.4. The van der Waals surface area contributed by atoms with Crippen molar-refractivity contribution in [3.8, 4) is 17.0 Å². The zero-order valence-corrected chi connectivity index (χ0v) is 20.6. The van der Waals surface area contributed by atoms with Crippen molar-refractivity contribution in [2.45, 2.75) is 24.4 Å². The van der Waals surface area contributed by atoms with Crippen LogP contribution in [-0.2, 0) is 12.5 Å². The smallest absolute Gasteiger partial charge is 0.398 e. The molecule has 0 saturated heterocycles. The van der Waals surface area contributed by atoms with Gasteiger partial charge in [-0.2, -0.15) is 13.2 Å². The molecule has 4 heterocycles. The van der Waals surface area contributed by atoms with Crippen LogP contribution >= 0.6 is 0 Å². The highest BCUT2D eigenvalue weighted by atomic mass is 19.4. The monoisotopic (exact) mass is 527 g/mol. The van der Waals surface area contributed by atoms with Gasteiger partial charge in [0.15, 0.2) is 0 Å². The fourth-order valence-corrected chi connectivity index (χ4v) is 4.65. The van der Waals surface area contributed by atoms with E-state index < -0.39 is 35.8 Å². The minimum atomic E-state index is -4.73. The largest absolute Gasteiger partial charge is 0.490 e. The molecule has 38 heavy (non-hydrogen) atoms. The lowest BCUT2D eigenvalue weighted by Gasteiger charge is -2.24. The Morgan fingerprint density at radius 3 is 2.66 bits per heavy atom. The maximum atomic E-state index is 14.4. The van der Waals surface area contributed by atoms with E-state index in [2.05, 4.69) is 15.3 Å². The molecule has 2 atom stereocenters. The Morgan fingerprint density at radius 2 is 1.97 bits per heavy atom. The molecule has 3 N–H and O–H groups in total. The van der Waals surface area contributed by atoms with Crippen LogP contribution in [0.1, 0.15) is 34.5 Å². The first-order valence-electron chi connectivity index (χ1n) is 11.9. The number of amides is 1. The summed E-state index contributed by atoms with van der Waals surface area (Å²) in [6.07, 6.45) is -1.58. The standard InChI is InChI=1S/C27H25F4N5O2/c1-26(13-32)14-38-23-19(26)11-21(35-22(23)15-3-5-16(28)6-4-15)20(27(29,30)31)12-34-25(37)18-7-9-33-24-17(18)8-10-36(24)2/h3-11,20H,12-14,32H2,1-2H3,(H,34,37)/t20-,26+/m1/s1. The van der Waals surface area contributed by atoms with Gasteiger partial charge in [0.2, 0.25) is 0 Å². The number of aryl methyl sites for hydroxylation is 1. The summed E-state index contributed by atoms with van der Waals surface area (Å²) in [5.41, 5.74) is 6.76. The summed E-state index contributed by atoms with van der Waals surface area (Å²) in [4.78, 5) is 21.5. The molecule has 0 saturated carbocycles. The Morgan fingerprint density at radius 1 is 1.24 bits per heavy atom. The van der Waals surface area contributed by atoms with Gasteiger partial charge < -0.3 is 20.4 Å². The van der Waals surface area contributed by atoms with Crippen molar-refractivity contribution < 1.29 is 27.1 Å². The number of rotatable bonds is 6. The molecule has 7 nitrogen and oxygen atoms in total. The van der Waals surface area contributed by atoms with Crippen LogP contribution in [0.25, 0.3) is 22.3 Å². The quantitative estimate of drug-likeness (QED) is 0.361. The van der Waals surface area contributed by atoms with Gasteiger partial charge in [-0.25, -0.2) is 14.4 Å². The number of halogens is 4. The Bertz CT molecular complexity index is 1520. The number of alkyl halides is 3. The van der Waals surface area contributed by atoms with Gasteiger partial charge in [0.25, 0.3) is 5.91 Å². The molecule has 0 unspecified atom stereocenters. The fraction of sp³-hybridized carbons (Fsp3) is 0.296. The maximum Gasteiger partial charge on any atom is 0.398 e. The summed E-state index contributed by atoms with van der Waals surface area (Å²) in [5.74, 6) is -2.95. The molecule has 0 aliphatic carbocycles. The molecule has 0 bridgehead atoms. The summed E-state index contributed by atoms with van der Waals surface area (Å²) in [6.45, 7) is 1.36. The number of carbonyl (C=O) groups excluding carboxylic acids is 1. The van der Waals surface area contributed by atoms with Gasteiger partial charge in [-0.3, -0.25) is 4.79 Å². The van der Waals surface area contributed by atoms with Gasteiger partial charge >= 0.3 is 6.18 Å². The van der Waals surface area contributed by atoms with Crippen LogP contribution in [0.2, 0.25) is 0 Å². The van der Waals surface area contributed by atoms with Crippen molar-refractivity contribution in [3.05, 3.63) is 77.5 Å². The van der Waals surface area contributed by atoms with Gasteiger partial charge in [0.05, 0.1) is 17.9 Å². The summed E-state index contributed by atoms with van der Waals surface area (Å²) in [6, 6.07) is 9.77. The zero-order valence-electron chi connectivity index (χ0n) is 20.6. The molecule has 1 aliphatic heterocycles. The molecule has 1 aliphatic rings. The van der Waals surface area contributed by atoms with E-state index in [1.807, 2.05) is 0 Å². The normalized spacial score (nSPS) is 17.8. The highest BCUT2D eigenvalue weighted by Crippen LogP contribution is 2.46. The fourth-order valence-electron chi connectivity index (χ4n) is 4.65. The van der Waals surface area contributed by atoms with Crippen LogP contribution in [0.15, 0.2) is 54.9 Å². The third kappa shape index (κ3) is 4.47. The minimum Gasteiger partial charge on any atom is -0.490 e. The molecule has 1 aromatic carbocycles. The number of benzene rings is 1. The number of ether oxygens (including phenoxy) is 1. The van der Waals surface area contributed by atoms with Gasteiger partial charge in [0, 0.05) is 54.5 Å². The summed E-state index contributed by atoms with van der Waals surface area (Å²) in [7, 11) is 1.76. The number of nitrogens with one attached hydrogen (secondary N) is 1. The number of carbonyl (C=O) groups is 1. The topological polar surface area (TPSA) is 95.1 Å². The zero-order chi connectivity index (χ0) is 27.2. The second-order valence-corrected chi connectivity index (χ2v) is 9.66. The third-order valence-electron chi connectivity index (χ3n) is 6.98. The Hall–Kier alpha value is -3.99. The van der Waals surface area contributed by atoms with E-state index in [1.54, 1.807) is 30.8 Å². The average Bonchev–Trinajstić information content (AvgIpc) is 3.44. The number of nitrogens with zero attached hydrogens (tertiary/aromatic N) is 3. The predicted molar refractivity (Wildman–Crippen MR) is 133 cm³/mol. The van der Waals surface area contributed by atoms with E-state index in [9.17, 15) is 22.4 Å². The molecule has 5 rings (SSSR count). The molecule has 3 aromatic heterocycles. The second-order valence-electron chi connectivity index (χ2n) is 9.66. The van der Waals surface area contributed by atoms with Crippen molar-refractivity contribution in [1.29, 1.82) is 0 Å². The molecule has 0 spiro atoms. The van der Waals surface area contributed by atoms with Gasteiger partial charge in [-0.1, -0.05) is 6.92 Å². The number of hydrogen-bond acceptors (Lipinski definition) is 5. The lowest BCUT2D eigenvalue weighted by Crippen LogP contribution is -2.36. The first-order valence-corrected chi connectivity index (χ1v) is 11.9. The minimum absolute atomic E-state index is 0.134. The Balaban J connectivity index is 1.54. The summed E-state index contributed by atoms with van der Waals surface area (Å²) in [5, 5.41) is 2.96. The van der Waals surface area contributed by atoms with Crippen LogP contribution in [-0.4, -0.2) is 46.3 Å². The van der Waals surface area contributed by atoms with Crippen molar-refractivity contribution in [1.82, 2.24) is 19.9 Å². The number of pyridine rings is 2. The molecule has 11 heteroatoms. The summed E-state index contributed by atoms with van der Waals surface area (Å²) >= 11 is 0. The highest BCUT2D eigenvalue weighted by Gasteiger charge is 2.45. The number of fused-ring (bicyclic) bond motifs is 2.